The van der Waals surface area contributed by atoms with Gasteiger partial charge < -0.3 is 15.4 Å². The number of nitrogens with one attached hydrogen (secondary N) is 2. The minimum Gasteiger partial charge on any atom is -0.376 e. The maximum atomic E-state index is 5.71. The van der Waals surface area contributed by atoms with E-state index in [1.54, 1.807) is 0 Å². The smallest absolute Gasteiger partial charge is 0.135 e. The Kier molecular flexibility index (Phi) is 4.96. The van der Waals surface area contributed by atoms with Crippen molar-refractivity contribution in [1.29, 1.82) is 0 Å². The number of hydrogen-bond donors (Lipinski definition) is 2. The zero-order chi connectivity index (χ0) is 13.7. The van der Waals surface area contributed by atoms with Crippen LogP contribution in [0.2, 0.25) is 0 Å². The van der Waals surface area contributed by atoms with E-state index in [1.165, 1.54) is 12.8 Å². The Balaban J connectivity index is 2.00. The molecule has 0 amide bonds. The third-order valence-corrected chi connectivity index (χ3v) is 3.30. The van der Waals surface area contributed by atoms with Gasteiger partial charge in [0.1, 0.15) is 17.5 Å². The van der Waals surface area contributed by atoms with Crippen molar-refractivity contribution in [2.24, 2.45) is 0 Å². The molecule has 1 aliphatic rings. The van der Waals surface area contributed by atoms with Crippen LogP contribution in [0.4, 0.5) is 11.6 Å². The molecule has 5 heteroatoms. The number of rotatable bonds is 5. The van der Waals surface area contributed by atoms with E-state index >= 15 is 0 Å². The Morgan fingerprint density at radius 1 is 1.32 bits per heavy atom. The Bertz CT molecular complexity index is 402. The highest BCUT2D eigenvalue weighted by atomic mass is 16.5. The van der Waals surface area contributed by atoms with E-state index in [2.05, 4.69) is 34.4 Å². The maximum Gasteiger partial charge on any atom is 0.135 e. The maximum absolute atomic E-state index is 5.71. The molecule has 106 valence electrons. The van der Waals surface area contributed by atoms with E-state index in [4.69, 9.17) is 4.74 Å². The Labute approximate surface area is 115 Å². The summed E-state index contributed by atoms with van der Waals surface area (Å²) in [7, 11) is 1.88. The first-order valence-electron chi connectivity index (χ1n) is 7.11. The highest BCUT2D eigenvalue weighted by molar-refractivity contribution is 5.47. The molecule has 1 aliphatic heterocycles. The van der Waals surface area contributed by atoms with Crippen LogP contribution in [0.5, 0.6) is 0 Å². The van der Waals surface area contributed by atoms with Crippen molar-refractivity contribution < 1.29 is 4.74 Å². The van der Waals surface area contributed by atoms with E-state index < -0.39 is 0 Å². The van der Waals surface area contributed by atoms with Crippen LogP contribution in [0.25, 0.3) is 0 Å². The Morgan fingerprint density at radius 2 is 2.11 bits per heavy atom. The lowest BCUT2D eigenvalue weighted by atomic mass is 10.1. The zero-order valence-electron chi connectivity index (χ0n) is 12.1. The molecule has 0 bridgehead atoms. The zero-order valence-corrected chi connectivity index (χ0v) is 12.1. The molecule has 2 heterocycles. The van der Waals surface area contributed by atoms with Crippen molar-refractivity contribution in [3.8, 4) is 0 Å². The van der Waals surface area contributed by atoms with Crippen molar-refractivity contribution in [3.63, 3.8) is 0 Å². The van der Waals surface area contributed by atoms with Gasteiger partial charge in [-0.3, -0.25) is 0 Å². The molecule has 19 heavy (non-hydrogen) atoms. The van der Waals surface area contributed by atoms with Gasteiger partial charge >= 0.3 is 0 Å². The molecule has 2 rings (SSSR count). The van der Waals surface area contributed by atoms with Crippen molar-refractivity contribution in [2.75, 3.05) is 30.8 Å². The molecule has 0 radical (unpaired) electrons. The molecule has 1 aromatic rings. The summed E-state index contributed by atoms with van der Waals surface area (Å²) in [5.74, 6) is 2.90. The van der Waals surface area contributed by atoms with E-state index in [0.29, 0.717) is 12.0 Å². The summed E-state index contributed by atoms with van der Waals surface area (Å²) in [6.45, 7) is 5.90. The van der Waals surface area contributed by atoms with Crippen molar-refractivity contribution >= 4 is 11.6 Å². The van der Waals surface area contributed by atoms with E-state index in [0.717, 1.165) is 37.0 Å². The van der Waals surface area contributed by atoms with Gasteiger partial charge in [-0.25, -0.2) is 9.97 Å². The van der Waals surface area contributed by atoms with Gasteiger partial charge in [-0.2, -0.15) is 0 Å². The monoisotopic (exact) mass is 264 g/mol. The minimum absolute atomic E-state index is 0.309. The van der Waals surface area contributed by atoms with Crippen molar-refractivity contribution in [3.05, 3.63) is 11.9 Å². The lowest BCUT2D eigenvalue weighted by Crippen LogP contribution is -2.27. The summed E-state index contributed by atoms with van der Waals surface area (Å²) in [6, 6.07) is 1.94. The van der Waals surface area contributed by atoms with Gasteiger partial charge in [0.05, 0.1) is 6.10 Å². The predicted octanol–water partition coefficient (Wildman–Crippen LogP) is 2.62. The normalized spacial score (nSPS) is 19.5. The molecule has 0 aromatic carbocycles. The molecule has 1 aromatic heterocycles. The predicted molar refractivity (Wildman–Crippen MR) is 77.7 cm³/mol. The second kappa shape index (κ2) is 6.70. The molecule has 1 atom stereocenters. The standard InChI is InChI=1S/C14H24N4O/c1-10(2)14-17-12(15-3)8-13(18-14)16-9-11-6-4-5-7-19-11/h8,10-11H,4-7,9H2,1-3H3,(H2,15,16,17,18). The first-order valence-corrected chi connectivity index (χ1v) is 7.11. The second-order valence-electron chi connectivity index (χ2n) is 5.27. The number of hydrogen-bond acceptors (Lipinski definition) is 5. The fraction of sp³-hybridized carbons (Fsp3) is 0.714. The van der Waals surface area contributed by atoms with Gasteiger partial charge in [0.25, 0.3) is 0 Å². The first kappa shape index (κ1) is 14.1. The number of ether oxygens (including phenoxy) is 1. The first-order chi connectivity index (χ1) is 9.19. The van der Waals surface area contributed by atoms with Crippen LogP contribution >= 0.6 is 0 Å². The summed E-state index contributed by atoms with van der Waals surface area (Å²) in [6.07, 6.45) is 3.89. The highest BCUT2D eigenvalue weighted by Crippen LogP contribution is 2.18. The van der Waals surface area contributed by atoms with Crippen LogP contribution in [-0.2, 0) is 4.74 Å². The van der Waals surface area contributed by atoms with Crippen LogP contribution in [0, 0.1) is 0 Å². The fourth-order valence-corrected chi connectivity index (χ4v) is 2.13. The quantitative estimate of drug-likeness (QED) is 0.856. The third-order valence-electron chi connectivity index (χ3n) is 3.30. The molecule has 1 fully saturated rings. The summed E-state index contributed by atoms with van der Waals surface area (Å²) in [5.41, 5.74) is 0. The molecular formula is C14H24N4O. The molecule has 5 nitrogen and oxygen atoms in total. The Hall–Kier alpha value is -1.36. The van der Waals surface area contributed by atoms with Crippen molar-refractivity contribution in [1.82, 2.24) is 9.97 Å². The lowest BCUT2D eigenvalue weighted by molar-refractivity contribution is 0.0247. The van der Waals surface area contributed by atoms with Crippen LogP contribution in [0.3, 0.4) is 0 Å². The van der Waals surface area contributed by atoms with Crippen molar-refractivity contribution in [2.45, 2.75) is 45.1 Å². The average molecular weight is 264 g/mol. The SMILES string of the molecule is CNc1cc(NCC2CCCCO2)nc(C(C)C)n1. The second-order valence-corrected chi connectivity index (χ2v) is 5.27. The molecule has 1 unspecified atom stereocenters. The number of aromatic nitrogens is 2. The van der Waals surface area contributed by atoms with Gasteiger partial charge in [-0.15, -0.1) is 0 Å². The fourth-order valence-electron chi connectivity index (χ4n) is 2.13. The molecule has 2 N–H and O–H groups in total. The summed E-state index contributed by atoms with van der Waals surface area (Å²) < 4.78 is 5.71. The molecule has 1 saturated heterocycles. The van der Waals surface area contributed by atoms with Gasteiger partial charge in [-0.1, -0.05) is 13.8 Å². The Morgan fingerprint density at radius 3 is 2.74 bits per heavy atom. The lowest BCUT2D eigenvalue weighted by Gasteiger charge is -2.23. The van der Waals surface area contributed by atoms with Gasteiger partial charge in [-0.05, 0) is 19.3 Å². The minimum atomic E-state index is 0.309. The van der Waals surface area contributed by atoms with E-state index in [-0.39, 0.29) is 0 Å². The summed E-state index contributed by atoms with van der Waals surface area (Å²) >= 11 is 0. The van der Waals surface area contributed by atoms with E-state index in [1.807, 2.05) is 13.1 Å². The van der Waals surface area contributed by atoms with Crippen LogP contribution in [0.1, 0.15) is 44.9 Å². The van der Waals surface area contributed by atoms with Crippen LogP contribution in [0.15, 0.2) is 6.07 Å². The highest BCUT2D eigenvalue weighted by Gasteiger charge is 2.14. The molecule has 0 saturated carbocycles. The number of anilines is 2. The van der Waals surface area contributed by atoms with Gasteiger partial charge in [0.15, 0.2) is 0 Å². The molecular weight excluding hydrogens is 240 g/mol. The summed E-state index contributed by atoms with van der Waals surface area (Å²) in [4.78, 5) is 9.00. The summed E-state index contributed by atoms with van der Waals surface area (Å²) in [5, 5.41) is 6.45. The topological polar surface area (TPSA) is 59.1 Å². The largest absolute Gasteiger partial charge is 0.376 e. The molecule has 0 spiro atoms. The van der Waals surface area contributed by atoms with E-state index in [9.17, 15) is 0 Å². The van der Waals surface area contributed by atoms with Crippen LogP contribution < -0.4 is 10.6 Å². The average Bonchev–Trinajstić information content (AvgIpc) is 2.45. The molecule has 0 aliphatic carbocycles. The third kappa shape index (κ3) is 4.06. The van der Waals surface area contributed by atoms with Crippen LogP contribution in [-0.4, -0.2) is 36.3 Å². The van der Waals surface area contributed by atoms with Gasteiger partial charge in [0, 0.05) is 32.2 Å². The number of nitrogens with zero attached hydrogens (tertiary/aromatic N) is 2. The van der Waals surface area contributed by atoms with Gasteiger partial charge in [0.2, 0.25) is 0 Å².